The molecule has 1 N–H and O–H groups in total. The third-order valence-electron chi connectivity index (χ3n) is 2.84. The van der Waals surface area contributed by atoms with Crippen LogP contribution in [0, 0.1) is 0 Å². The number of nitrogens with one attached hydrogen (secondary N) is 1. The fourth-order valence-corrected chi connectivity index (χ4v) is 1.81. The predicted molar refractivity (Wildman–Crippen MR) is 77.8 cm³/mol. The molecule has 0 saturated carbocycles. The van der Waals surface area contributed by atoms with E-state index in [2.05, 4.69) is 25.1 Å². The molecule has 1 aromatic heterocycles. The van der Waals surface area contributed by atoms with Crippen molar-refractivity contribution in [2.45, 2.75) is 6.54 Å². The summed E-state index contributed by atoms with van der Waals surface area (Å²) in [5.74, 6) is -2.13. The molecule has 1 amide bonds. The Balaban J connectivity index is 2.22. The van der Waals surface area contributed by atoms with Gasteiger partial charge in [-0.3, -0.25) is 4.79 Å². The van der Waals surface area contributed by atoms with Crippen LogP contribution in [-0.2, 0) is 20.8 Å². The van der Waals surface area contributed by atoms with Crippen LogP contribution in [-0.4, -0.2) is 47.1 Å². The molecular formula is C14H14N4O5. The highest BCUT2D eigenvalue weighted by atomic mass is 16.5. The van der Waals surface area contributed by atoms with Crippen molar-refractivity contribution < 1.29 is 23.9 Å². The Morgan fingerprint density at radius 2 is 1.74 bits per heavy atom. The van der Waals surface area contributed by atoms with E-state index < -0.39 is 17.8 Å². The van der Waals surface area contributed by atoms with Gasteiger partial charge in [-0.15, -0.1) is 5.10 Å². The minimum Gasteiger partial charge on any atom is -0.464 e. The number of hydrogen-bond donors (Lipinski definition) is 1. The zero-order valence-corrected chi connectivity index (χ0v) is 12.5. The molecule has 0 bridgehead atoms. The van der Waals surface area contributed by atoms with E-state index in [-0.39, 0.29) is 17.9 Å². The number of carbonyl (C=O) groups is 3. The van der Waals surface area contributed by atoms with Crippen LogP contribution in [0.1, 0.15) is 21.0 Å². The molecule has 0 aliphatic carbocycles. The smallest absolute Gasteiger partial charge is 0.361 e. The van der Waals surface area contributed by atoms with Crippen LogP contribution in [0.25, 0.3) is 0 Å². The van der Waals surface area contributed by atoms with E-state index in [1.807, 2.05) is 6.07 Å². The second kappa shape index (κ2) is 7.16. The van der Waals surface area contributed by atoms with E-state index in [1.165, 1.54) is 0 Å². The van der Waals surface area contributed by atoms with E-state index in [9.17, 15) is 14.4 Å². The summed E-state index contributed by atoms with van der Waals surface area (Å²) in [6.45, 7) is -0.316. The van der Waals surface area contributed by atoms with Crippen LogP contribution >= 0.6 is 0 Å². The number of para-hydroxylation sites is 1. The lowest BCUT2D eigenvalue weighted by Crippen LogP contribution is -2.23. The Morgan fingerprint density at radius 3 is 2.35 bits per heavy atom. The number of ether oxygens (including phenoxy) is 2. The van der Waals surface area contributed by atoms with Gasteiger partial charge in [-0.2, -0.15) is 0 Å². The van der Waals surface area contributed by atoms with Gasteiger partial charge < -0.3 is 14.8 Å². The SMILES string of the molecule is COC(=O)c1nnn(CC(=O)Nc2ccccc2)c1C(=O)OC. The molecule has 1 heterocycles. The Hall–Kier alpha value is -3.23. The molecule has 120 valence electrons. The normalized spacial score (nSPS) is 10.0. The molecule has 1 aromatic carbocycles. The average Bonchev–Trinajstić information content (AvgIpc) is 2.97. The summed E-state index contributed by atoms with van der Waals surface area (Å²) in [5.41, 5.74) is 0.0276. The lowest BCUT2D eigenvalue weighted by molar-refractivity contribution is -0.116. The van der Waals surface area contributed by atoms with Crippen LogP contribution < -0.4 is 5.32 Å². The Morgan fingerprint density at radius 1 is 1.09 bits per heavy atom. The van der Waals surface area contributed by atoms with Gasteiger partial charge in [0.25, 0.3) is 0 Å². The van der Waals surface area contributed by atoms with Crippen LogP contribution in [0.2, 0.25) is 0 Å². The van der Waals surface area contributed by atoms with Crippen molar-refractivity contribution in [2.24, 2.45) is 0 Å². The highest BCUT2D eigenvalue weighted by Crippen LogP contribution is 2.10. The molecule has 9 heteroatoms. The Kier molecular flexibility index (Phi) is 5.03. The van der Waals surface area contributed by atoms with Crippen molar-refractivity contribution in [3.05, 3.63) is 41.7 Å². The maximum atomic E-state index is 12.0. The molecule has 0 radical (unpaired) electrons. The van der Waals surface area contributed by atoms with Gasteiger partial charge >= 0.3 is 11.9 Å². The first-order valence-corrected chi connectivity index (χ1v) is 6.51. The average molecular weight is 318 g/mol. The van der Waals surface area contributed by atoms with E-state index in [4.69, 9.17) is 0 Å². The maximum absolute atomic E-state index is 12.0. The van der Waals surface area contributed by atoms with Gasteiger partial charge in [0.2, 0.25) is 11.6 Å². The van der Waals surface area contributed by atoms with Crippen LogP contribution in [0.5, 0.6) is 0 Å². The first-order valence-electron chi connectivity index (χ1n) is 6.51. The number of hydrogen-bond acceptors (Lipinski definition) is 7. The van der Waals surface area contributed by atoms with Gasteiger partial charge in [0.1, 0.15) is 6.54 Å². The summed E-state index contributed by atoms with van der Waals surface area (Å²) in [5, 5.41) is 9.84. The minimum absolute atomic E-state index is 0.248. The first kappa shape index (κ1) is 16.1. The van der Waals surface area contributed by atoms with Crippen LogP contribution in [0.3, 0.4) is 0 Å². The Labute approximate surface area is 131 Å². The molecule has 2 aromatic rings. The monoisotopic (exact) mass is 318 g/mol. The van der Waals surface area contributed by atoms with E-state index in [0.29, 0.717) is 5.69 Å². The van der Waals surface area contributed by atoms with Crippen molar-refractivity contribution in [1.29, 1.82) is 0 Å². The highest BCUT2D eigenvalue weighted by molar-refractivity contribution is 6.01. The zero-order valence-electron chi connectivity index (χ0n) is 12.5. The first-order chi connectivity index (χ1) is 11.1. The van der Waals surface area contributed by atoms with Crippen molar-refractivity contribution in [3.8, 4) is 0 Å². The van der Waals surface area contributed by atoms with Gasteiger partial charge in [-0.05, 0) is 12.1 Å². The molecule has 23 heavy (non-hydrogen) atoms. The summed E-state index contributed by atoms with van der Waals surface area (Å²) in [4.78, 5) is 35.4. The largest absolute Gasteiger partial charge is 0.464 e. The van der Waals surface area contributed by atoms with Crippen molar-refractivity contribution >= 4 is 23.5 Å². The fraction of sp³-hybridized carbons (Fsp3) is 0.214. The number of carbonyl (C=O) groups excluding carboxylic acids is 3. The highest BCUT2D eigenvalue weighted by Gasteiger charge is 2.27. The minimum atomic E-state index is -0.847. The molecule has 0 unspecified atom stereocenters. The second-order valence-corrected chi connectivity index (χ2v) is 4.34. The quantitative estimate of drug-likeness (QED) is 0.798. The number of aromatic nitrogens is 3. The summed E-state index contributed by atoms with van der Waals surface area (Å²) in [7, 11) is 2.29. The number of esters is 2. The second-order valence-electron chi connectivity index (χ2n) is 4.34. The van der Waals surface area contributed by atoms with E-state index in [0.717, 1.165) is 18.9 Å². The van der Waals surface area contributed by atoms with Crippen molar-refractivity contribution in [1.82, 2.24) is 15.0 Å². The van der Waals surface area contributed by atoms with E-state index >= 15 is 0 Å². The number of amides is 1. The number of rotatable bonds is 5. The van der Waals surface area contributed by atoms with E-state index in [1.54, 1.807) is 24.3 Å². The van der Waals surface area contributed by atoms with Gasteiger partial charge in [0.05, 0.1) is 14.2 Å². The predicted octanol–water partition coefficient (Wildman–Crippen LogP) is 0.490. The number of anilines is 1. The molecule has 0 aliphatic heterocycles. The summed E-state index contributed by atoms with van der Waals surface area (Å²) < 4.78 is 10.1. The molecule has 0 saturated heterocycles. The van der Waals surface area contributed by atoms with Gasteiger partial charge in [0, 0.05) is 5.69 Å². The van der Waals surface area contributed by atoms with Crippen molar-refractivity contribution in [2.75, 3.05) is 19.5 Å². The maximum Gasteiger partial charge on any atom is 0.361 e. The standard InChI is InChI=1S/C14H14N4O5/c1-22-13(20)11-12(14(21)23-2)18(17-16-11)8-10(19)15-9-6-4-3-5-7-9/h3-7H,8H2,1-2H3,(H,15,19). The van der Waals surface area contributed by atoms with Crippen LogP contribution in [0.4, 0.5) is 5.69 Å². The zero-order chi connectivity index (χ0) is 16.8. The van der Waals surface area contributed by atoms with Gasteiger partial charge in [-0.1, -0.05) is 23.4 Å². The topological polar surface area (TPSA) is 112 Å². The number of methoxy groups -OCH3 is 2. The molecular weight excluding hydrogens is 304 g/mol. The molecule has 0 aliphatic rings. The third kappa shape index (κ3) is 3.70. The summed E-state index contributed by atoms with van der Waals surface area (Å²) >= 11 is 0. The van der Waals surface area contributed by atoms with Gasteiger partial charge in [-0.25, -0.2) is 14.3 Å². The lowest BCUT2D eigenvalue weighted by Gasteiger charge is -2.07. The summed E-state index contributed by atoms with van der Waals surface area (Å²) in [6, 6.07) is 8.76. The lowest BCUT2D eigenvalue weighted by atomic mass is 10.3. The number of nitrogens with zero attached hydrogens (tertiary/aromatic N) is 3. The molecule has 9 nitrogen and oxygen atoms in total. The van der Waals surface area contributed by atoms with Crippen molar-refractivity contribution in [3.63, 3.8) is 0 Å². The molecule has 0 atom stereocenters. The molecule has 2 rings (SSSR count). The molecule has 0 spiro atoms. The van der Waals surface area contributed by atoms with Gasteiger partial charge in [0.15, 0.2) is 5.69 Å². The third-order valence-corrected chi connectivity index (χ3v) is 2.84. The summed E-state index contributed by atoms with van der Waals surface area (Å²) in [6.07, 6.45) is 0. The fourth-order valence-electron chi connectivity index (χ4n) is 1.81. The number of benzene rings is 1. The Bertz CT molecular complexity index is 726. The van der Waals surface area contributed by atoms with Crippen LogP contribution in [0.15, 0.2) is 30.3 Å². The molecule has 0 fully saturated rings.